The van der Waals surface area contributed by atoms with Gasteiger partial charge < -0.3 is 5.32 Å². The molecule has 1 aliphatic rings. The Morgan fingerprint density at radius 1 is 1.88 bits per heavy atom. The first-order valence-electron chi connectivity index (χ1n) is 2.49. The fourth-order valence-corrected chi connectivity index (χ4v) is 0.537. The zero-order chi connectivity index (χ0) is 5.98. The summed E-state index contributed by atoms with van der Waals surface area (Å²) in [7, 11) is 0. The molecule has 1 radical (unpaired) electrons. The zero-order valence-electron chi connectivity index (χ0n) is 4.66. The molecule has 0 saturated carbocycles. The van der Waals surface area contributed by atoms with Crippen molar-refractivity contribution in [2.45, 2.75) is 6.92 Å². The Morgan fingerprint density at radius 3 is 3.00 bits per heavy atom. The Kier molecular flexibility index (Phi) is 1.33. The van der Waals surface area contributed by atoms with E-state index in [9.17, 15) is 4.39 Å². The second kappa shape index (κ2) is 1.99. The van der Waals surface area contributed by atoms with Gasteiger partial charge >= 0.3 is 0 Å². The fraction of sp³-hybridized carbons (Fsp3) is 0.333. The lowest BCUT2D eigenvalue weighted by atomic mass is 10.2. The standard InChI is InChI=1S/C6H7FN/c1-5-4-8-3-2-6(5)7/h2,8H,3H2,1H3. The summed E-state index contributed by atoms with van der Waals surface area (Å²) >= 11 is 0. The first-order valence-corrected chi connectivity index (χ1v) is 2.49. The van der Waals surface area contributed by atoms with E-state index in [4.69, 9.17) is 0 Å². The van der Waals surface area contributed by atoms with E-state index in [1.165, 1.54) is 6.08 Å². The molecular formula is C6H7FN. The van der Waals surface area contributed by atoms with Gasteiger partial charge in [0, 0.05) is 12.1 Å². The SMILES string of the molecule is CC1=[C]NCC=C1F. The fourth-order valence-electron chi connectivity index (χ4n) is 0.537. The van der Waals surface area contributed by atoms with Gasteiger partial charge in [0.1, 0.15) is 5.83 Å². The number of allylic oxidation sites excluding steroid dienone is 2. The van der Waals surface area contributed by atoms with Crippen LogP contribution in [0.4, 0.5) is 4.39 Å². The van der Waals surface area contributed by atoms with Crippen LogP contribution in [0.5, 0.6) is 0 Å². The van der Waals surface area contributed by atoms with E-state index in [1.807, 2.05) is 0 Å². The number of hydrogen-bond acceptors (Lipinski definition) is 1. The van der Waals surface area contributed by atoms with Crippen LogP contribution in [-0.4, -0.2) is 6.54 Å². The summed E-state index contributed by atoms with van der Waals surface area (Å²) in [6, 6.07) is 0. The van der Waals surface area contributed by atoms with Crippen LogP contribution in [0, 0.1) is 6.20 Å². The summed E-state index contributed by atoms with van der Waals surface area (Å²) in [4.78, 5) is 0. The minimum absolute atomic E-state index is 0.163. The number of dihydropyridines is 1. The van der Waals surface area contributed by atoms with E-state index >= 15 is 0 Å². The molecule has 1 nitrogen and oxygen atoms in total. The molecule has 0 aromatic rings. The van der Waals surface area contributed by atoms with Gasteiger partial charge in [-0.15, -0.1) is 0 Å². The number of nitrogens with one attached hydrogen (secondary N) is 1. The topological polar surface area (TPSA) is 12.0 Å². The van der Waals surface area contributed by atoms with Gasteiger partial charge in [0.2, 0.25) is 0 Å². The van der Waals surface area contributed by atoms with Crippen molar-refractivity contribution < 1.29 is 4.39 Å². The molecule has 1 rings (SSSR count). The summed E-state index contributed by atoms with van der Waals surface area (Å²) in [5.74, 6) is -0.163. The average molecular weight is 112 g/mol. The van der Waals surface area contributed by atoms with Crippen molar-refractivity contribution in [3.05, 3.63) is 23.7 Å². The van der Waals surface area contributed by atoms with Gasteiger partial charge in [0.25, 0.3) is 0 Å². The van der Waals surface area contributed by atoms with E-state index in [0.717, 1.165) is 0 Å². The Bertz CT molecular complexity index is 129. The smallest absolute Gasteiger partial charge is 0.126 e. The van der Waals surface area contributed by atoms with Crippen molar-refractivity contribution in [1.82, 2.24) is 5.32 Å². The molecule has 8 heavy (non-hydrogen) atoms. The van der Waals surface area contributed by atoms with Crippen LogP contribution < -0.4 is 5.32 Å². The Balaban J connectivity index is 2.73. The summed E-state index contributed by atoms with van der Waals surface area (Å²) < 4.78 is 12.3. The van der Waals surface area contributed by atoms with Crippen molar-refractivity contribution >= 4 is 0 Å². The molecule has 2 heteroatoms. The lowest BCUT2D eigenvalue weighted by Gasteiger charge is -2.03. The van der Waals surface area contributed by atoms with Gasteiger partial charge in [-0.05, 0) is 13.0 Å². The zero-order valence-corrected chi connectivity index (χ0v) is 4.66. The van der Waals surface area contributed by atoms with Gasteiger partial charge in [-0.1, -0.05) is 0 Å². The minimum atomic E-state index is -0.163. The van der Waals surface area contributed by atoms with Crippen molar-refractivity contribution in [2.24, 2.45) is 0 Å². The molecule has 43 valence electrons. The van der Waals surface area contributed by atoms with Gasteiger partial charge in [-0.25, -0.2) is 4.39 Å². The molecule has 1 heterocycles. The quantitative estimate of drug-likeness (QED) is 0.495. The van der Waals surface area contributed by atoms with Crippen LogP contribution in [0.3, 0.4) is 0 Å². The first-order chi connectivity index (χ1) is 3.80. The Hall–Kier alpha value is -0.790. The predicted octanol–water partition coefficient (Wildman–Crippen LogP) is 1.15. The third-order valence-corrected chi connectivity index (χ3v) is 1.02. The molecule has 0 aliphatic carbocycles. The van der Waals surface area contributed by atoms with Crippen LogP contribution in [0.2, 0.25) is 0 Å². The van der Waals surface area contributed by atoms with E-state index in [1.54, 1.807) is 6.92 Å². The van der Waals surface area contributed by atoms with Crippen LogP contribution in [0.25, 0.3) is 0 Å². The molecule has 0 atom stereocenters. The predicted molar refractivity (Wildman–Crippen MR) is 29.6 cm³/mol. The highest BCUT2D eigenvalue weighted by Gasteiger charge is 2.00. The van der Waals surface area contributed by atoms with Crippen LogP contribution >= 0.6 is 0 Å². The highest BCUT2D eigenvalue weighted by molar-refractivity contribution is 5.22. The van der Waals surface area contributed by atoms with Crippen LogP contribution in [-0.2, 0) is 0 Å². The maximum absolute atomic E-state index is 12.3. The number of halogens is 1. The molecule has 0 spiro atoms. The molecule has 1 N–H and O–H groups in total. The Labute approximate surface area is 47.9 Å². The molecule has 0 aromatic carbocycles. The lowest BCUT2D eigenvalue weighted by molar-refractivity contribution is 0.630. The summed E-state index contributed by atoms with van der Waals surface area (Å²) in [6.07, 6.45) is 4.15. The van der Waals surface area contributed by atoms with E-state index in [-0.39, 0.29) is 5.83 Å². The second-order valence-corrected chi connectivity index (χ2v) is 1.68. The third kappa shape index (κ3) is 0.886. The maximum atomic E-state index is 12.3. The third-order valence-electron chi connectivity index (χ3n) is 1.02. The molecule has 0 amide bonds. The maximum Gasteiger partial charge on any atom is 0.126 e. The highest BCUT2D eigenvalue weighted by atomic mass is 19.1. The molecule has 0 saturated heterocycles. The van der Waals surface area contributed by atoms with Crippen molar-refractivity contribution in [3.63, 3.8) is 0 Å². The molecule has 0 fully saturated rings. The largest absolute Gasteiger partial charge is 0.379 e. The monoisotopic (exact) mass is 112 g/mol. The van der Waals surface area contributed by atoms with Gasteiger partial charge in [-0.2, -0.15) is 0 Å². The van der Waals surface area contributed by atoms with Crippen LogP contribution in [0.15, 0.2) is 17.5 Å². The molecule has 1 aliphatic heterocycles. The number of rotatable bonds is 0. The average Bonchev–Trinajstić information content (AvgIpc) is 1.77. The van der Waals surface area contributed by atoms with Crippen LogP contribution in [0.1, 0.15) is 6.92 Å². The molecular weight excluding hydrogens is 105 g/mol. The van der Waals surface area contributed by atoms with Crippen molar-refractivity contribution in [1.29, 1.82) is 0 Å². The highest BCUT2D eigenvalue weighted by Crippen LogP contribution is 2.10. The van der Waals surface area contributed by atoms with E-state index < -0.39 is 0 Å². The van der Waals surface area contributed by atoms with Crippen molar-refractivity contribution in [2.75, 3.05) is 6.54 Å². The summed E-state index contributed by atoms with van der Waals surface area (Å²) in [5, 5.41) is 2.76. The van der Waals surface area contributed by atoms with E-state index in [2.05, 4.69) is 11.5 Å². The summed E-state index contributed by atoms with van der Waals surface area (Å²) in [6.45, 7) is 2.24. The number of hydrogen-bond donors (Lipinski definition) is 1. The van der Waals surface area contributed by atoms with Gasteiger partial charge in [0.05, 0.1) is 6.20 Å². The minimum Gasteiger partial charge on any atom is -0.379 e. The van der Waals surface area contributed by atoms with Gasteiger partial charge in [-0.3, -0.25) is 0 Å². The first kappa shape index (κ1) is 5.35. The summed E-state index contributed by atoms with van der Waals surface area (Å²) in [5.41, 5.74) is 0.552. The van der Waals surface area contributed by atoms with Gasteiger partial charge in [0.15, 0.2) is 0 Å². The second-order valence-electron chi connectivity index (χ2n) is 1.68. The molecule has 0 bridgehead atoms. The normalized spacial score (nSPS) is 18.8. The van der Waals surface area contributed by atoms with Crippen molar-refractivity contribution in [3.8, 4) is 0 Å². The van der Waals surface area contributed by atoms with E-state index in [0.29, 0.717) is 12.1 Å². The Morgan fingerprint density at radius 2 is 2.62 bits per heavy atom. The molecule has 0 unspecified atom stereocenters. The lowest BCUT2D eigenvalue weighted by Crippen LogP contribution is -2.10. The molecule has 0 aromatic heterocycles.